The zero-order valence-corrected chi connectivity index (χ0v) is 10.7. The highest BCUT2D eigenvalue weighted by atomic mass is 16.5. The van der Waals surface area contributed by atoms with E-state index in [-0.39, 0.29) is 0 Å². The summed E-state index contributed by atoms with van der Waals surface area (Å²) in [5.74, 6) is 1.99. The van der Waals surface area contributed by atoms with Crippen LogP contribution < -0.4 is 5.73 Å². The topological polar surface area (TPSA) is 68.2 Å². The van der Waals surface area contributed by atoms with E-state index in [4.69, 9.17) is 10.3 Å². The molecule has 0 aliphatic carbocycles. The van der Waals surface area contributed by atoms with Gasteiger partial charge in [-0.15, -0.1) is 0 Å². The molecule has 96 valence electrons. The predicted octanol–water partition coefficient (Wildman–Crippen LogP) is 1.19. The van der Waals surface area contributed by atoms with E-state index in [0.29, 0.717) is 24.4 Å². The highest BCUT2D eigenvalue weighted by Crippen LogP contribution is 2.21. The second-order valence-electron chi connectivity index (χ2n) is 5.11. The first kappa shape index (κ1) is 12.5. The molecule has 5 heteroatoms. The fourth-order valence-electron chi connectivity index (χ4n) is 2.45. The van der Waals surface area contributed by atoms with Gasteiger partial charge in [0.2, 0.25) is 5.89 Å². The van der Waals surface area contributed by atoms with E-state index in [1.165, 1.54) is 19.4 Å². The third-order valence-corrected chi connectivity index (χ3v) is 3.44. The van der Waals surface area contributed by atoms with Crippen molar-refractivity contribution in [1.29, 1.82) is 0 Å². The van der Waals surface area contributed by atoms with E-state index in [1.807, 2.05) is 0 Å². The van der Waals surface area contributed by atoms with E-state index in [0.717, 1.165) is 18.8 Å². The van der Waals surface area contributed by atoms with Gasteiger partial charge in [-0.2, -0.15) is 4.98 Å². The van der Waals surface area contributed by atoms with Crippen molar-refractivity contribution in [3.8, 4) is 0 Å². The van der Waals surface area contributed by atoms with Gasteiger partial charge in [0.15, 0.2) is 5.82 Å². The molecule has 0 aromatic carbocycles. The van der Waals surface area contributed by atoms with Crippen molar-refractivity contribution in [1.82, 2.24) is 15.0 Å². The fourth-order valence-corrected chi connectivity index (χ4v) is 2.45. The molecule has 1 fully saturated rings. The standard InChI is InChI=1S/C12H22N4O/c1-9(2)16-5-3-4-10(8-16)6-11-14-12(7-13)17-15-11/h9-10H,3-8,13H2,1-2H3. The van der Waals surface area contributed by atoms with Crippen molar-refractivity contribution >= 4 is 0 Å². The Balaban J connectivity index is 1.90. The van der Waals surface area contributed by atoms with E-state index < -0.39 is 0 Å². The average Bonchev–Trinajstić information content (AvgIpc) is 2.77. The Morgan fingerprint density at radius 2 is 2.35 bits per heavy atom. The molecule has 2 heterocycles. The molecule has 17 heavy (non-hydrogen) atoms. The predicted molar refractivity (Wildman–Crippen MR) is 65.3 cm³/mol. The molecular weight excluding hydrogens is 216 g/mol. The van der Waals surface area contributed by atoms with E-state index in [2.05, 4.69) is 28.9 Å². The van der Waals surface area contributed by atoms with Crippen molar-refractivity contribution in [2.24, 2.45) is 11.7 Å². The molecule has 0 spiro atoms. The molecule has 1 aromatic heterocycles. The summed E-state index contributed by atoms with van der Waals surface area (Å²) in [6.45, 7) is 7.20. The zero-order chi connectivity index (χ0) is 12.3. The molecule has 1 aliphatic rings. The lowest BCUT2D eigenvalue weighted by Gasteiger charge is -2.35. The summed E-state index contributed by atoms with van der Waals surface area (Å²) in [6, 6.07) is 0.627. The van der Waals surface area contributed by atoms with Crippen molar-refractivity contribution < 1.29 is 4.52 Å². The summed E-state index contributed by atoms with van der Waals surface area (Å²) in [7, 11) is 0. The average molecular weight is 238 g/mol. The fraction of sp³-hybridized carbons (Fsp3) is 0.833. The lowest BCUT2D eigenvalue weighted by atomic mass is 9.94. The van der Waals surface area contributed by atoms with Gasteiger partial charge in [-0.3, -0.25) is 0 Å². The Kier molecular flexibility index (Phi) is 4.12. The number of hydrogen-bond donors (Lipinski definition) is 1. The third-order valence-electron chi connectivity index (χ3n) is 3.44. The first-order valence-corrected chi connectivity index (χ1v) is 6.44. The molecule has 1 saturated heterocycles. The molecule has 0 bridgehead atoms. The summed E-state index contributed by atoms with van der Waals surface area (Å²) >= 11 is 0. The van der Waals surface area contributed by atoms with E-state index >= 15 is 0 Å². The van der Waals surface area contributed by atoms with E-state index in [9.17, 15) is 0 Å². The smallest absolute Gasteiger partial charge is 0.240 e. The Hall–Kier alpha value is -0.940. The van der Waals surface area contributed by atoms with Crippen LogP contribution in [-0.4, -0.2) is 34.2 Å². The normalized spacial score (nSPS) is 22.2. The second kappa shape index (κ2) is 5.60. The van der Waals surface area contributed by atoms with Crippen molar-refractivity contribution in [2.75, 3.05) is 13.1 Å². The van der Waals surface area contributed by atoms with Crippen LogP contribution in [0.5, 0.6) is 0 Å². The van der Waals surface area contributed by atoms with Gasteiger partial charge in [-0.1, -0.05) is 5.16 Å². The molecule has 5 nitrogen and oxygen atoms in total. The summed E-state index contributed by atoms with van der Waals surface area (Å²) in [6.07, 6.45) is 3.44. The maximum atomic E-state index is 5.45. The summed E-state index contributed by atoms with van der Waals surface area (Å²) in [4.78, 5) is 6.80. The molecule has 2 rings (SSSR count). The number of hydrogen-bond acceptors (Lipinski definition) is 5. The largest absolute Gasteiger partial charge is 0.338 e. The Morgan fingerprint density at radius 3 is 3.00 bits per heavy atom. The van der Waals surface area contributed by atoms with E-state index in [1.54, 1.807) is 0 Å². The lowest BCUT2D eigenvalue weighted by molar-refractivity contribution is 0.138. The van der Waals surface area contributed by atoms with Crippen LogP contribution in [0.2, 0.25) is 0 Å². The van der Waals surface area contributed by atoms with Crippen LogP contribution in [0.1, 0.15) is 38.4 Å². The molecule has 1 aliphatic heterocycles. The molecule has 1 aromatic rings. The highest BCUT2D eigenvalue weighted by molar-refractivity contribution is 4.90. The van der Waals surface area contributed by atoms with Crippen LogP contribution in [0, 0.1) is 5.92 Å². The molecular formula is C12H22N4O. The van der Waals surface area contributed by atoms with Crippen molar-refractivity contribution in [2.45, 2.75) is 45.7 Å². The number of aromatic nitrogens is 2. The summed E-state index contributed by atoms with van der Waals surface area (Å²) < 4.78 is 5.03. The van der Waals surface area contributed by atoms with Gasteiger partial charge < -0.3 is 15.2 Å². The first-order valence-electron chi connectivity index (χ1n) is 6.44. The molecule has 0 radical (unpaired) electrons. The molecule has 0 amide bonds. The van der Waals surface area contributed by atoms with Crippen LogP contribution >= 0.6 is 0 Å². The number of likely N-dealkylation sites (tertiary alicyclic amines) is 1. The van der Waals surface area contributed by atoms with Crippen LogP contribution in [0.25, 0.3) is 0 Å². The van der Waals surface area contributed by atoms with Crippen LogP contribution in [-0.2, 0) is 13.0 Å². The molecule has 2 N–H and O–H groups in total. The number of rotatable bonds is 4. The minimum atomic E-state index is 0.329. The quantitative estimate of drug-likeness (QED) is 0.853. The lowest BCUT2D eigenvalue weighted by Crippen LogP contribution is -2.40. The summed E-state index contributed by atoms with van der Waals surface area (Å²) in [5, 5.41) is 3.97. The first-order chi connectivity index (χ1) is 8.19. The number of nitrogens with two attached hydrogens (primary N) is 1. The molecule has 0 saturated carbocycles. The van der Waals surface area contributed by atoms with Gasteiger partial charge >= 0.3 is 0 Å². The SMILES string of the molecule is CC(C)N1CCCC(Cc2noc(CN)n2)C1. The van der Waals surface area contributed by atoms with Crippen LogP contribution in [0.4, 0.5) is 0 Å². The van der Waals surface area contributed by atoms with Gasteiger partial charge in [0.05, 0.1) is 6.54 Å². The van der Waals surface area contributed by atoms with Gasteiger partial charge in [0.1, 0.15) is 0 Å². The Labute approximate surface area is 102 Å². The maximum Gasteiger partial charge on any atom is 0.240 e. The van der Waals surface area contributed by atoms with Gasteiger partial charge in [0, 0.05) is 19.0 Å². The number of nitrogens with zero attached hydrogens (tertiary/aromatic N) is 3. The second-order valence-corrected chi connectivity index (χ2v) is 5.11. The summed E-state index contributed by atoms with van der Waals surface area (Å²) in [5.41, 5.74) is 5.45. The molecule has 1 unspecified atom stereocenters. The van der Waals surface area contributed by atoms with Gasteiger partial charge in [-0.25, -0.2) is 0 Å². The Morgan fingerprint density at radius 1 is 1.53 bits per heavy atom. The minimum absolute atomic E-state index is 0.329. The monoisotopic (exact) mass is 238 g/mol. The molecule has 1 atom stereocenters. The van der Waals surface area contributed by atoms with Crippen LogP contribution in [0.15, 0.2) is 4.52 Å². The maximum absolute atomic E-state index is 5.45. The highest BCUT2D eigenvalue weighted by Gasteiger charge is 2.23. The van der Waals surface area contributed by atoms with Gasteiger partial charge in [0.25, 0.3) is 0 Å². The zero-order valence-electron chi connectivity index (χ0n) is 10.7. The van der Waals surface area contributed by atoms with Gasteiger partial charge in [-0.05, 0) is 39.2 Å². The van der Waals surface area contributed by atoms with Crippen LogP contribution in [0.3, 0.4) is 0 Å². The van der Waals surface area contributed by atoms with Crippen molar-refractivity contribution in [3.05, 3.63) is 11.7 Å². The Bertz CT molecular complexity index is 350. The number of piperidine rings is 1. The third kappa shape index (κ3) is 3.26. The minimum Gasteiger partial charge on any atom is -0.338 e. The van der Waals surface area contributed by atoms with Crippen molar-refractivity contribution in [3.63, 3.8) is 0 Å².